The molecule has 2 aromatic rings. The van der Waals surface area contributed by atoms with Gasteiger partial charge in [-0.05, 0) is 31.5 Å². The third-order valence-electron chi connectivity index (χ3n) is 3.72. The van der Waals surface area contributed by atoms with Crippen LogP contribution >= 0.6 is 15.9 Å². The fourth-order valence-electron chi connectivity index (χ4n) is 2.60. The highest BCUT2D eigenvalue weighted by Gasteiger charge is 2.22. The molecule has 1 unspecified atom stereocenters. The Morgan fingerprint density at radius 3 is 3.00 bits per heavy atom. The quantitative estimate of drug-likeness (QED) is 0.775. The molecule has 21 heavy (non-hydrogen) atoms. The largest absolute Gasteiger partial charge is 0.493 e. The van der Waals surface area contributed by atoms with Crippen LogP contribution in [0.2, 0.25) is 0 Å². The van der Waals surface area contributed by atoms with E-state index < -0.39 is 0 Å². The summed E-state index contributed by atoms with van der Waals surface area (Å²) in [5.41, 5.74) is 3.20. The summed E-state index contributed by atoms with van der Waals surface area (Å²) < 4.78 is 11.7. The Bertz CT molecular complexity index is 630. The maximum atomic E-state index is 6.03. The highest BCUT2D eigenvalue weighted by Crippen LogP contribution is 2.34. The molecule has 0 radical (unpaired) electrons. The van der Waals surface area contributed by atoms with E-state index >= 15 is 0 Å². The zero-order chi connectivity index (χ0) is 14.7. The van der Waals surface area contributed by atoms with Crippen molar-refractivity contribution in [1.82, 2.24) is 4.98 Å². The molecule has 1 aliphatic rings. The van der Waals surface area contributed by atoms with Crippen LogP contribution in [0, 0.1) is 6.92 Å². The first kappa shape index (κ1) is 14.4. The number of benzene rings is 1. The van der Waals surface area contributed by atoms with E-state index in [-0.39, 0.29) is 0 Å². The second-order valence-corrected chi connectivity index (χ2v) is 5.77. The number of alkyl halides is 1. The minimum Gasteiger partial charge on any atom is -0.493 e. The van der Waals surface area contributed by atoms with E-state index in [2.05, 4.69) is 33.0 Å². The summed E-state index contributed by atoms with van der Waals surface area (Å²) in [4.78, 5) is 4.50. The first-order valence-corrected chi connectivity index (χ1v) is 8.27. The van der Waals surface area contributed by atoms with E-state index in [1.807, 2.05) is 31.2 Å². The lowest BCUT2D eigenvalue weighted by atomic mass is 9.94. The predicted octanol–water partition coefficient (Wildman–Crippen LogP) is 4.23. The molecular weight excluding hydrogens is 330 g/mol. The summed E-state index contributed by atoms with van der Waals surface area (Å²) in [6, 6.07) is 12.2. The van der Waals surface area contributed by atoms with Gasteiger partial charge in [-0.1, -0.05) is 34.1 Å². The van der Waals surface area contributed by atoms with Crippen LogP contribution < -0.4 is 9.47 Å². The summed E-state index contributed by atoms with van der Waals surface area (Å²) in [5, 5.41) is 0.703. The molecule has 0 fully saturated rings. The SMILES string of the molecule is Cc1ccc(OCC2CCOc3ccccc32)c(CBr)n1. The molecule has 2 heterocycles. The number of nitrogens with zero attached hydrogens (tertiary/aromatic N) is 1. The van der Waals surface area contributed by atoms with Crippen LogP contribution in [-0.2, 0) is 5.33 Å². The molecule has 1 aromatic heterocycles. The van der Waals surface area contributed by atoms with Gasteiger partial charge in [0.15, 0.2) is 0 Å². The Labute approximate surface area is 133 Å². The number of aromatic nitrogens is 1. The maximum absolute atomic E-state index is 6.03. The van der Waals surface area contributed by atoms with E-state index in [0.29, 0.717) is 17.9 Å². The van der Waals surface area contributed by atoms with Crippen molar-refractivity contribution in [3.8, 4) is 11.5 Å². The topological polar surface area (TPSA) is 31.4 Å². The molecule has 3 rings (SSSR count). The van der Waals surface area contributed by atoms with Crippen molar-refractivity contribution in [1.29, 1.82) is 0 Å². The van der Waals surface area contributed by atoms with E-state index in [1.165, 1.54) is 5.56 Å². The van der Waals surface area contributed by atoms with E-state index in [1.54, 1.807) is 0 Å². The van der Waals surface area contributed by atoms with Crippen LogP contribution in [-0.4, -0.2) is 18.2 Å². The molecule has 4 heteroatoms. The fourth-order valence-corrected chi connectivity index (χ4v) is 3.01. The van der Waals surface area contributed by atoms with Crippen LogP contribution in [0.15, 0.2) is 36.4 Å². The fraction of sp³-hybridized carbons (Fsp3) is 0.353. The average molecular weight is 348 g/mol. The van der Waals surface area contributed by atoms with Gasteiger partial charge in [0, 0.05) is 22.5 Å². The number of ether oxygens (including phenoxy) is 2. The minimum absolute atomic E-state index is 0.374. The van der Waals surface area contributed by atoms with Gasteiger partial charge in [-0.3, -0.25) is 4.98 Å². The van der Waals surface area contributed by atoms with Gasteiger partial charge < -0.3 is 9.47 Å². The molecule has 0 saturated heterocycles. The Morgan fingerprint density at radius 2 is 2.14 bits per heavy atom. The average Bonchev–Trinajstić information content (AvgIpc) is 2.53. The number of para-hydroxylation sites is 1. The van der Waals surface area contributed by atoms with Crippen LogP contribution in [0.5, 0.6) is 11.5 Å². The van der Waals surface area contributed by atoms with Crippen molar-refractivity contribution in [3.05, 3.63) is 53.3 Å². The van der Waals surface area contributed by atoms with Gasteiger partial charge in [0.25, 0.3) is 0 Å². The first-order valence-electron chi connectivity index (χ1n) is 7.15. The van der Waals surface area contributed by atoms with Gasteiger partial charge in [0.05, 0.1) is 18.9 Å². The predicted molar refractivity (Wildman–Crippen MR) is 86.4 cm³/mol. The first-order chi connectivity index (χ1) is 10.3. The molecule has 0 aliphatic carbocycles. The number of pyridine rings is 1. The normalized spacial score (nSPS) is 17.0. The Balaban J connectivity index is 1.74. The number of fused-ring (bicyclic) bond motifs is 1. The van der Waals surface area contributed by atoms with Crippen molar-refractivity contribution >= 4 is 15.9 Å². The molecule has 0 saturated carbocycles. The molecule has 0 amide bonds. The Hall–Kier alpha value is -1.55. The molecule has 110 valence electrons. The number of aryl methyl sites for hydroxylation is 1. The molecule has 0 N–H and O–H groups in total. The molecule has 0 spiro atoms. The van der Waals surface area contributed by atoms with Gasteiger partial charge in [-0.2, -0.15) is 0 Å². The lowest BCUT2D eigenvalue weighted by molar-refractivity contribution is 0.216. The van der Waals surface area contributed by atoms with Crippen molar-refractivity contribution in [2.75, 3.05) is 13.2 Å². The van der Waals surface area contributed by atoms with E-state index in [0.717, 1.165) is 35.9 Å². The zero-order valence-corrected chi connectivity index (χ0v) is 13.6. The lowest BCUT2D eigenvalue weighted by Crippen LogP contribution is -2.19. The number of hydrogen-bond donors (Lipinski definition) is 0. The Kier molecular flexibility index (Phi) is 4.44. The number of hydrogen-bond acceptors (Lipinski definition) is 3. The third kappa shape index (κ3) is 3.21. The molecule has 3 nitrogen and oxygen atoms in total. The van der Waals surface area contributed by atoms with Crippen LogP contribution in [0.25, 0.3) is 0 Å². The van der Waals surface area contributed by atoms with Gasteiger partial charge >= 0.3 is 0 Å². The summed E-state index contributed by atoms with van der Waals surface area (Å²) in [5.74, 6) is 2.22. The van der Waals surface area contributed by atoms with Gasteiger partial charge in [0.2, 0.25) is 0 Å². The van der Waals surface area contributed by atoms with Gasteiger partial charge in [0.1, 0.15) is 11.5 Å². The van der Waals surface area contributed by atoms with Crippen LogP contribution in [0.4, 0.5) is 0 Å². The molecule has 1 aromatic carbocycles. The highest BCUT2D eigenvalue weighted by atomic mass is 79.9. The lowest BCUT2D eigenvalue weighted by Gasteiger charge is -2.26. The third-order valence-corrected chi connectivity index (χ3v) is 4.25. The van der Waals surface area contributed by atoms with Crippen molar-refractivity contribution in [2.45, 2.75) is 24.6 Å². The van der Waals surface area contributed by atoms with Crippen molar-refractivity contribution < 1.29 is 9.47 Å². The maximum Gasteiger partial charge on any atom is 0.141 e. The summed E-state index contributed by atoms with van der Waals surface area (Å²) in [7, 11) is 0. The molecular formula is C17H18BrNO2. The number of halogens is 1. The van der Waals surface area contributed by atoms with E-state index in [4.69, 9.17) is 9.47 Å². The monoisotopic (exact) mass is 347 g/mol. The van der Waals surface area contributed by atoms with Gasteiger partial charge in [-0.15, -0.1) is 0 Å². The second-order valence-electron chi connectivity index (χ2n) is 5.21. The van der Waals surface area contributed by atoms with Gasteiger partial charge in [-0.25, -0.2) is 0 Å². The summed E-state index contributed by atoms with van der Waals surface area (Å²) >= 11 is 3.47. The zero-order valence-electron chi connectivity index (χ0n) is 12.0. The summed E-state index contributed by atoms with van der Waals surface area (Å²) in [6.45, 7) is 3.40. The summed E-state index contributed by atoms with van der Waals surface area (Å²) in [6.07, 6.45) is 0.986. The molecule has 0 bridgehead atoms. The second kappa shape index (κ2) is 6.48. The van der Waals surface area contributed by atoms with Crippen LogP contribution in [0.1, 0.15) is 29.3 Å². The van der Waals surface area contributed by atoms with Crippen molar-refractivity contribution in [3.63, 3.8) is 0 Å². The number of rotatable bonds is 4. The Morgan fingerprint density at radius 1 is 1.29 bits per heavy atom. The molecule has 1 atom stereocenters. The van der Waals surface area contributed by atoms with Crippen LogP contribution in [0.3, 0.4) is 0 Å². The smallest absolute Gasteiger partial charge is 0.141 e. The van der Waals surface area contributed by atoms with E-state index in [9.17, 15) is 0 Å². The standard InChI is InChI=1S/C17H18BrNO2/c1-12-6-7-17(15(10-18)19-12)21-11-13-8-9-20-16-5-3-2-4-14(13)16/h2-7,13H,8-11H2,1H3. The molecule has 1 aliphatic heterocycles. The van der Waals surface area contributed by atoms with Crippen molar-refractivity contribution in [2.24, 2.45) is 0 Å². The highest BCUT2D eigenvalue weighted by molar-refractivity contribution is 9.08. The minimum atomic E-state index is 0.374.